The van der Waals surface area contributed by atoms with Gasteiger partial charge in [0.1, 0.15) is 5.69 Å². The summed E-state index contributed by atoms with van der Waals surface area (Å²) in [5, 5.41) is 2.80. The number of hydrogen-bond donors (Lipinski definition) is 3. The summed E-state index contributed by atoms with van der Waals surface area (Å²) in [6.45, 7) is 2.65. The highest BCUT2D eigenvalue weighted by Gasteiger charge is 2.32. The number of hydrogen-bond acceptors (Lipinski definition) is 3. The molecule has 0 spiro atoms. The lowest BCUT2D eigenvalue weighted by Gasteiger charge is -2.27. The molecule has 0 radical (unpaired) electrons. The molecular weight excluding hydrogens is 276 g/mol. The first-order valence-corrected chi connectivity index (χ1v) is 7.25. The standard InChI is InChI=1S/C15H21F2N3O/c1-2-15(5-3-4-6-15)9-19-14(21)10-7-11(16)13(20-18)12(17)8-10/h7-8,20H,2-6,9,18H2,1H3,(H,19,21). The van der Waals surface area contributed by atoms with E-state index in [1.165, 1.54) is 12.8 Å². The molecule has 21 heavy (non-hydrogen) atoms. The van der Waals surface area contributed by atoms with Crippen LogP contribution in [0, 0.1) is 17.0 Å². The molecule has 1 saturated carbocycles. The first kappa shape index (κ1) is 15.7. The Bertz CT molecular complexity index is 505. The highest BCUT2D eigenvalue weighted by atomic mass is 19.1. The van der Waals surface area contributed by atoms with Crippen LogP contribution in [0.15, 0.2) is 12.1 Å². The molecule has 1 fully saturated rings. The minimum atomic E-state index is -0.881. The number of nitrogens with one attached hydrogen (secondary N) is 2. The Morgan fingerprint density at radius 3 is 2.33 bits per heavy atom. The predicted octanol–water partition coefficient (Wildman–Crippen LogP) is 2.95. The molecule has 0 atom stereocenters. The molecule has 2 rings (SSSR count). The molecule has 6 heteroatoms. The van der Waals surface area contributed by atoms with Gasteiger partial charge in [-0.2, -0.15) is 0 Å². The SMILES string of the molecule is CCC1(CNC(=O)c2cc(F)c(NN)c(F)c2)CCCC1. The molecule has 0 saturated heterocycles. The van der Waals surface area contributed by atoms with Crippen LogP contribution >= 0.6 is 0 Å². The Morgan fingerprint density at radius 1 is 1.29 bits per heavy atom. The van der Waals surface area contributed by atoms with Crippen LogP contribution in [0.1, 0.15) is 49.4 Å². The predicted molar refractivity (Wildman–Crippen MR) is 77.7 cm³/mol. The average molecular weight is 297 g/mol. The molecule has 0 unspecified atom stereocenters. The number of rotatable bonds is 5. The molecule has 116 valence electrons. The highest BCUT2D eigenvalue weighted by Crippen LogP contribution is 2.40. The van der Waals surface area contributed by atoms with E-state index in [0.29, 0.717) is 6.54 Å². The van der Waals surface area contributed by atoms with E-state index >= 15 is 0 Å². The second kappa shape index (κ2) is 6.39. The van der Waals surface area contributed by atoms with Crippen molar-refractivity contribution in [3.8, 4) is 0 Å². The minimum absolute atomic E-state index is 0.0340. The molecule has 0 aromatic heterocycles. The summed E-state index contributed by atoms with van der Waals surface area (Å²) in [6, 6.07) is 1.97. The number of hydrazine groups is 1. The molecule has 1 amide bonds. The van der Waals surface area contributed by atoms with Crippen LogP contribution in [-0.2, 0) is 0 Å². The fraction of sp³-hybridized carbons (Fsp3) is 0.533. The maximum absolute atomic E-state index is 13.6. The quantitative estimate of drug-likeness (QED) is 0.578. The summed E-state index contributed by atoms with van der Waals surface area (Å²) in [5.74, 6) is 2.80. The lowest BCUT2D eigenvalue weighted by Crippen LogP contribution is -2.35. The first-order valence-electron chi connectivity index (χ1n) is 7.25. The molecule has 1 aromatic rings. The van der Waals surface area contributed by atoms with Gasteiger partial charge in [-0.05, 0) is 36.8 Å². The van der Waals surface area contributed by atoms with Crippen molar-refractivity contribution in [2.24, 2.45) is 11.3 Å². The zero-order valence-corrected chi connectivity index (χ0v) is 12.1. The van der Waals surface area contributed by atoms with Crippen LogP contribution in [-0.4, -0.2) is 12.5 Å². The lowest BCUT2D eigenvalue weighted by atomic mass is 9.83. The number of benzene rings is 1. The topological polar surface area (TPSA) is 67.2 Å². The molecule has 1 aliphatic rings. The van der Waals surface area contributed by atoms with Gasteiger partial charge in [0.05, 0.1) is 0 Å². The van der Waals surface area contributed by atoms with Crippen LogP contribution in [0.3, 0.4) is 0 Å². The number of halogens is 2. The summed E-state index contributed by atoms with van der Waals surface area (Å²) in [6.07, 6.45) is 5.50. The van der Waals surface area contributed by atoms with Crippen molar-refractivity contribution < 1.29 is 13.6 Å². The number of nitrogens with two attached hydrogens (primary N) is 1. The molecule has 0 bridgehead atoms. The molecule has 4 N–H and O–H groups in total. The first-order chi connectivity index (χ1) is 10.0. The van der Waals surface area contributed by atoms with Gasteiger partial charge in [-0.1, -0.05) is 19.8 Å². The van der Waals surface area contributed by atoms with Crippen molar-refractivity contribution in [1.29, 1.82) is 0 Å². The van der Waals surface area contributed by atoms with E-state index in [4.69, 9.17) is 5.84 Å². The van der Waals surface area contributed by atoms with Gasteiger partial charge in [0.2, 0.25) is 0 Å². The van der Waals surface area contributed by atoms with Gasteiger partial charge in [-0.25, -0.2) is 8.78 Å². The van der Waals surface area contributed by atoms with E-state index in [1.807, 2.05) is 5.43 Å². The van der Waals surface area contributed by atoms with Gasteiger partial charge in [0.15, 0.2) is 11.6 Å². The normalized spacial score (nSPS) is 16.8. The summed E-state index contributed by atoms with van der Waals surface area (Å²) >= 11 is 0. The second-order valence-corrected chi connectivity index (χ2v) is 5.70. The average Bonchev–Trinajstić information content (AvgIpc) is 2.94. The second-order valence-electron chi connectivity index (χ2n) is 5.70. The van der Waals surface area contributed by atoms with Gasteiger partial charge in [-0.15, -0.1) is 0 Å². The maximum Gasteiger partial charge on any atom is 0.251 e. The fourth-order valence-electron chi connectivity index (χ4n) is 2.99. The van der Waals surface area contributed by atoms with E-state index in [2.05, 4.69) is 12.2 Å². The third-order valence-corrected chi connectivity index (χ3v) is 4.49. The molecule has 1 aliphatic carbocycles. The monoisotopic (exact) mass is 297 g/mol. The van der Waals surface area contributed by atoms with E-state index < -0.39 is 23.2 Å². The van der Waals surface area contributed by atoms with Crippen molar-refractivity contribution in [1.82, 2.24) is 5.32 Å². The van der Waals surface area contributed by atoms with E-state index in [-0.39, 0.29) is 11.0 Å². The molecular formula is C15H21F2N3O. The van der Waals surface area contributed by atoms with E-state index in [1.54, 1.807) is 0 Å². The van der Waals surface area contributed by atoms with Crippen molar-refractivity contribution >= 4 is 11.6 Å². The van der Waals surface area contributed by atoms with Gasteiger partial charge >= 0.3 is 0 Å². The Kier molecular flexibility index (Phi) is 4.77. The number of carbonyl (C=O) groups is 1. The third kappa shape index (κ3) is 3.32. The van der Waals surface area contributed by atoms with Gasteiger partial charge in [0, 0.05) is 12.1 Å². The largest absolute Gasteiger partial charge is 0.351 e. The Morgan fingerprint density at radius 2 is 1.86 bits per heavy atom. The maximum atomic E-state index is 13.6. The van der Waals surface area contributed by atoms with Crippen molar-refractivity contribution in [2.75, 3.05) is 12.0 Å². The summed E-state index contributed by atoms with van der Waals surface area (Å²) in [7, 11) is 0. The van der Waals surface area contributed by atoms with Gasteiger partial charge < -0.3 is 10.7 Å². The molecule has 0 aliphatic heterocycles. The molecule has 0 heterocycles. The third-order valence-electron chi connectivity index (χ3n) is 4.49. The Labute approximate surface area is 123 Å². The van der Waals surface area contributed by atoms with Crippen LogP contribution in [0.5, 0.6) is 0 Å². The Balaban J connectivity index is 2.07. The van der Waals surface area contributed by atoms with Gasteiger partial charge in [0.25, 0.3) is 5.91 Å². The van der Waals surface area contributed by atoms with Crippen molar-refractivity contribution in [2.45, 2.75) is 39.0 Å². The molecule has 4 nitrogen and oxygen atoms in total. The van der Waals surface area contributed by atoms with E-state index in [9.17, 15) is 13.6 Å². The fourth-order valence-corrected chi connectivity index (χ4v) is 2.99. The Hall–Kier alpha value is -1.69. The number of anilines is 1. The summed E-state index contributed by atoms with van der Waals surface area (Å²) < 4.78 is 27.2. The number of nitrogen functional groups attached to an aromatic ring is 1. The molecule has 1 aromatic carbocycles. The summed E-state index contributed by atoms with van der Waals surface area (Å²) in [4.78, 5) is 12.1. The van der Waals surface area contributed by atoms with Crippen LogP contribution in [0.4, 0.5) is 14.5 Å². The number of amides is 1. The summed E-state index contributed by atoms with van der Waals surface area (Å²) in [5.41, 5.74) is 1.60. The lowest BCUT2D eigenvalue weighted by molar-refractivity contribution is 0.0928. The van der Waals surface area contributed by atoms with Crippen LogP contribution in [0.25, 0.3) is 0 Å². The van der Waals surface area contributed by atoms with Gasteiger partial charge in [-0.3, -0.25) is 10.6 Å². The van der Waals surface area contributed by atoms with Crippen molar-refractivity contribution in [3.63, 3.8) is 0 Å². The smallest absolute Gasteiger partial charge is 0.251 e. The van der Waals surface area contributed by atoms with E-state index in [0.717, 1.165) is 31.4 Å². The minimum Gasteiger partial charge on any atom is -0.351 e. The highest BCUT2D eigenvalue weighted by molar-refractivity contribution is 5.94. The zero-order valence-electron chi connectivity index (χ0n) is 12.1. The number of carbonyl (C=O) groups excluding carboxylic acids is 1. The van der Waals surface area contributed by atoms with Crippen molar-refractivity contribution in [3.05, 3.63) is 29.3 Å². The van der Waals surface area contributed by atoms with Crippen LogP contribution < -0.4 is 16.6 Å². The zero-order chi connectivity index (χ0) is 15.5. The van der Waals surface area contributed by atoms with Crippen LogP contribution in [0.2, 0.25) is 0 Å².